The molecule has 1 aromatic carbocycles. The lowest BCUT2D eigenvalue weighted by molar-refractivity contribution is -0.117. The molecule has 2 atom stereocenters. The van der Waals surface area contributed by atoms with Crippen molar-refractivity contribution < 1.29 is 22.7 Å². The maximum Gasteiger partial charge on any atom is 0.407 e. The van der Waals surface area contributed by atoms with Gasteiger partial charge in [-0.2, -0.15) is 4.99 Å². The molecule has 0 spiro atoms. The normalized spacial score (nSPS) is 23.6. The Kier molecular flexibility index (Phi) is 7.15. The van der Waals surface area contributed by atoms with Crippen LogP contribution < -0.4 is 10.2 Å². The molecular weight excluding hydrogens is 485 g/mol. The van der Waals surface area contributed by atoms with Crippen LogP contribution in [0.15, 0.2) is 23.2 Å². The van der Waals surface area contributed by atoms with Crippen LogP contribution in [0, 0.1) is 0 Å². The molecule has 1 aromatic rings. The first-order valence-electron chi connectivity index (χ1n) is 9.54. The summed E-state index contributed by atoms with van der Waals surface area (Å²) >= 11 is 13.7. The van der Waals surface area contributed by atoms with Crippen LogP contribution in [-0.2, 0) is 19.4 Å². The average Bonchev–Trinajstić information content (AvgIpc) is 3.06. The maximum absolute atomic E-state index is 12.4. The van der Waals surface area contributed by atoms with Crippen LogP contribution in [0.4, 0.5) is 10.5 Å². The predicted octanol–water partition coefficient (Wildman–Crippen LogP) is 3.51. The largest absolute Gasteiger partial charge is 0.444 e. The van der Waals surface area contributed by atoms with Crippen molar-refractivity contribution in [1.29, 1.82) is 0 Å². The van der Waals surface area contributed by atoms with Gasteiger partial charge in [0.05, 0.1) is 28.3 Å². The zero-order valence-corrected chi connectivity index (χ0v) is 20.4. The topological polar surface area (TPSA) is 105 Å². The number of hydrogen-bond donors (Lipinski definition) is 1. The van der Waals surface area contributed by atoms with Crippen LogP contribution in [0.5, 0.6) is 0 Å². The van der Waals surface area contributed by atoms with Crippen molar-refractivity contribution in [1.82, 2.24) is 5.32 Å². The molecule has 12 heteroatoms. The number of benzene rings is 1. The lowest BCUT2D eigenvalue weighted by Crippen LogP contribution is -2.38. The van der Waals surface area contributed by atoms with Crippen LogP contribution in [0.25, 0.3) is 0 Å². The summed E-state index contributed by atoms with van der Waals surface area (Å²) in [4.78, 5) is 30.0. The van der Waals surface area contributed by atoms with E-state index >= 15 is 0 Å². The first-order valence-corrected chi connectivity index (χ1v) is 13.0. The molecule has 0 saturated carbocycles. The molecule has 2 aliphatic heterocycles. The number of rotatable bonds is 4. The third kappa shape index (κ3) is 6.27. The van der Waals surface area contributed by atoms with E-state index in [1.807, 2.05) is 0 Å². The van der Waals surface area contributed by atoms with Crippen molar-refractivity contribution in [3.63, 3.8) is 0 Å². The Morgan fingerprint density at radius 2 is 2.00 bits per heavy atom. The van der Waals surface area contributed by atoms with E-state index in [4.69, 9.17) is 27.9 Å². The molecule has 2 amide bonds. The van der Waals surface area contributed by atoms with E-state index in [0.717, 1.165) is 0 Å². The molecule has 2 aliphatic rings. The summed E-state index contributed by atoms with van der Waals surface area (Å²) in [6.45, 7) is 5.29. The minimum atomic E-state index is -3.20. The van der Waals surface area contributed by atoms with Gasteiger partial charge in [-0.05, 0) is 39.0 Å². The first kappa shape index (κ1) is 24.2. The number of anilines is 1. The quantitative estimate of drug-likeness (QED) is 0.664. The summed E-state index contributed by atoms with van der Waals surface area (Å²) in [6.07, 6.45) is -0.649. The van der Waals surface area contributed by atoms with Gasteiger partial charge < -0.3 is 15.0 Å². The summed E-state index contributed by atoms with van der Waals surface area (Å²) in [7, 11) is -3.20. The van der Waals surface area contributed by atoms with Gasteiger partial charge in [0, 0.05) is 23.2 Å². The van der Waals surface area contributed by atoms with Crippen LogP contribution >= 0.6 is 35.0 Å². The number of ether oxygens (including phenoxy) is 1. The van der Waals surface area contributed by atoms with E-state index in [1.54, 1.807) is 43.9 Å². The van der Waals surface area contributed by atoms with Gasteiger partial charge in [-0.1, -0.05) is 35.0 Å². The highest BCUT2D eigenvalue weighted by atomic mass is 35.5. The number of amidine groups is 1. The molecule has 0 radical (unpaired) electrons. The summed E-state index contributed by atoms with van der Waals surface area (Å²) in [5, 5.41) is 3.44. The van der Waals surface area contributed by atoms with Gasteiger partial charge in [0.1, 0.15) is 5.60 Å². The maximum atomic E-state index is 12.4. The SMILES string of the molecule is CC(C)(C)OC(=O)NCCC(=O)N=C1S[C@H]2CS(=O)(=O)C[C@H]2N1c1cc(Cl)ccc1Cl. The van der Waals surface area contributed by atoms with Crippen molar-refractivity contribution in [2.75, 3.05) is 23.0 Å². The van der Waals surface area contributed by atoms with E-state index in [-0.39, 0.29) is 29.7 Å². The van der Waals surface area contributed by atoms with Crippen LogP contribution in [0.2, 0.25) is 10.0 Å². The summed E-state index contributed by atoms with van der Waals surface area (Å²) in [6, 6.07) is 4.48. The summed E-state index contributed by atoms with van der Waals surface area (Å²) in [5.41, 5.74) is -0.131. The van der Waals surface area contributed by atoms with Gasteiger partial charge in [0.15, 0.2) is 15.0 Å². The zero-order chi connectivity index (χ0) is 23.0. The number of aliphatic imine (C=N–C) groups is 1. The molecule has 0 aliphatic carbocycles. The second kappa shape index (κ2) is 9.17. The van der Waals surface area contributed by atoms with Gasteiger partial charge in [-0.25, -0.2) is 13.2 Å². The molecular formula is C19H23Cl2N3O5S2. The molecule has 0 bridgehead atoms. The number of carbonyl (C=O) groups is 2. The number of thioether (sulfide) groups is 1. The number of alkyl carbamates (subject to hydrolysis) is 1. The highest BCUT2D eigenvalue weighted by molar-refractivity contribution is 8.16. The van der Waals surface area contributed by atoms with E-state index < -0.39 is 33.5 Å². The van der Waals surface area contributed by atoms with Gasteiger partial charge in [0.2, 0.25) is 5.91 Å². The molecule has 3 rings (SSSR count). The molecule has 2 heterocycles. The second-order valence-corrected chi connectivity index (χ2v) is 12.4. The predicted molar refractivity (Wildman–Crippen MR) is 124 cm³/mol. The van der Waals surface area contributed by atoms with Crippen molar-refractivity contribution in [2.45, 2.75) is 44.1 Å². The molecule has 170 valence electrons. The summed E-state index contributed by atoms with van der Waals surface area (Å²) < 4.78 is 29.4. The van der Waals surface area contributed by atoms with Crippen molar-refractivity contribution in [3.05, 3.63) is 28.2 Å². The molecule has 1 N–H and O–H groups in total. The van der Waals surface area contributed by atoms with E-state index in [0.29, 0.717) is 20.9 Å². The molecule has 0 aromatic heterocycles. The third-order valence-corrected chi connectivity index (χ3v) is 8.23. The lowest BCUT2D eigenvalue weighted by Gasteiger charge is -2.25. The van der Waals surface area contributed by atoms with Crippen molar-refractivity contribution >= 4 is 67.7 Å². The first-order chi connectivity index (χ1) is 14.3. The molecule has 8 nitrogen and oxygen atoms in total. The fourth-order valence-corrected chi connectivity index (χ4v) is 7.56. The molecule has 0 unspecified atom stereocenters. The van der Waals surface area contributed by atoms with Crippen molar-refractivity contribution in [2.24, 2.45) is 4.99 Å². The Hall–Kier alpha value is -1.49. The van der Waals surface area contributed by atoms with Gasteiger partial charge in [-0.3, -0.25) is 4.79 Å². The average molecular weight is 508 g/mol. The monoisotopic (exact) mass is 507 g/mol. The number of fused-ring (bicyclic) bond motifs is 1. The highest BCUT2D eigenvalue weighted by Crippen LogP contribution is 2.43. The minimum absolute atomic E-state index is 0.00439. The van der Waals surface area contributed by atoms with E-state index in [9.17, 15) is 18.0 Å². The van der Waals surface area contributed by atoms with E-state index in [2.05, 4.69) is 10.3 Å². The number of nitrogens with zero attached hydrogens (tertiary/aromatic N) is 2. The fraction of sp³-hybridized carbons (Fsp3) is 0.526. The standard InChI is InChI=1S/C19H23Cl2N3O5S2/c1-19(2,3)29-18(26)22-7-6-16(25)23-17-24(13-8-11(20)4-5-12(13)21)14-9-31(27,28)10-15(14)30-17/h4-5,8,14-15H,6-7,9-10H2,1-3H3,(H,22,26)/t14-,15+/m1/s1. The Morgan fingerprint density at radius 3 is 2.68 bits per heavy atom. The van der Waals surface area contributed by atoms with Crippen LogP contribution in [-0.4, -0.2) is 60.5 Å². The number of amides is 2. The number of nitrogens with one attached hydrogen (secondary N) is 1. The number of halogens is 2. The van der Waals surface area contributed by atoms with Crippen LogP contribution in [0.1, 0.15) is 27.2 Å². The van der Waals surface area contributed by atoms with Gasteiger partial charge in [-0.15, -0.1) is 0 Å². The van der Waals surface area contributed by atoms with Gasteiger partial charge in [0.25, 0.3) is 0 Å². The van der Waals surface area contributed by atoms with Crippen molar-refractivity contribution in [3.8, 4) is 0 Å². The lowest BCUT2D eigenvalue weighted by atomic mass is 10.2. The third-order valence-electron chi connectivity index (χ3n) is 4.46. The number of sulfone groups is 1. The second-order valence-electron chi connectivity index (χ2n) is 8.23. The number of hydrogen-bond acceptors (Lipinski definition) is 6. The summed E-state index contributed by atoms with van der Waals surface area (Å²) in [5.74, 6) is -0.504. The highest BCUT2D eigenvalue weighted by Gasteiger charge is 2.49. The molecule has 2 fully saturated rings. The number of carbonyl (C=O) groups excluding carboxylic acids is 2. The zero-order valence-electron chi connectivity index (χ0n) is 17.2. The molecule has 2 saturated heterocycles. The Bertz CT molecular complexity index is 1020. The Labute approximate surface area is 195 Å². The fourth-order valence-electron chi connectivity index (χ4n) is 3.26. The Balaban J connectivity index is 1.75. The Morgan fingerprint density at radius 1 is 1.29 bits per heavy atom. The molecule has 31 heavy (non-hydrogen) atoms. The van der Waals surface area contributed by atoms with E-state index in [1.165, 1.54) is 11.8 Å². The van der Waals surface area contributed by atoms with Gasteiger partial charge >= 0.3 is 6.09 Å². The smallest absolute Gasteiger partial charge is 0.407 e. The van der Waals surface area contributed by atoms with Crippen LogP contribution in [0.3, 0.4) is 0 Å². The minimum Gasteiger partial charge on any atom is -0.444 e.